The molecule has 10 heteroatoms. The van der Waals surface area contributed by atoms with E-state index >= 15 is 0 Å². The van der Waals surface area contributed by atoms with Crippen molar-refractivity contribution >= 4 is 29.1 Å². The van der Waals surface area contributed by atoms with Gasteiger partial charge in [0.2, 0.25) is 0 Å². The second kappa shape index (κ2) is 11.1. The molecule has 1 unspecified atom stereocenters. The third-order valence-corrected chi connectivity index (χ3v) is 7.93. The molecule has 9 nitrogen and oxygen atoms in total. The van der Waals surface area contributed by atoms with Gasteiger partial charge in [0, 0.05) is 12.1 Å². The molecule has 0 fully saturated rings. The number of hydrogen-bond donors (Lipinski definition) is 0. The van der Waals surface area contributed by atoms with Crippen LogP contribution in [0.25, 0.3) is 17.4 Å². The molecule has 210 valence electrons. The van der Waals surface area contributed by atoms with Crippen LogP contribution >= 0.6 is 11.3 Å². The number of benzene rings is 2. The van der Waals surface area contributed by atoms with Crippen LogP contribution in [0.3, 0.4) is 0 Å². The lowest BCUT2D eigenvalue weighted by Crippen LogP contribution is -2.39. The quantitative estimate of drug-likeness (QED) is 0.167. The van der Waals surface area contributed by atoms with Gasteiger partial charge in [0.05, 0.1) is 38.9 Å². The predicted molar refractivity (Wildman–Crippen MR) is 156 cm³/mol. The Bertz CT molecular complexity index is 1880. The van der Waals surface area contributed by atoms with Crippen LogP contribution in [-0.4, -0.2) is 22.1 Å². The molecule has 1 atom stereocenters. The zero-order chi connectivity index (χ0) is 29.4. The van der Waals surface area contributed by atoms with Crippen LogP contribution in [0, 0.1) is 17.0 Å². The Morgan fingerprint density at radius 3 is 2.56 bits per heavy atom. The van der Waals surface area contributed by atoms with Crippen LogP contribution in [0.1, 0.15) is 62.1 Å². The van der Waals surface area contributed by atoms with Crippen molar-refractivity contribution in [1.29, 1.82) is 0 Å². The van der Waals surface area contributed by atoms with Crippen molar-refractivity contribution in [3.63, 3.8) is 0 Å². The minimum absolute atomic E-state index is 0.0595. The van der Waals surface area contributed by atoms with Crippen molar-refractivity contribution < 1.29 is 18.9 Å². The van der Waals surface area contributed by atoms with Gasteiger partial charge in [0.15, 0.2) is 4.80 Å². The molecule has 0 bridgehead atoms. The van der Waals surface area contributed by atoms with E-state index in [9.17, 15) is 19.7 Å². The van der Waals surface area contributed by atoms with Gasteiger partial charge in [0.1, 0.15) is 11.5 Å². The van der Waals surface area contributed by atoms with Crippen molar-refractivity contribution in [1.82, 2.24) is 4.57 Å². The van der Waals surface area contributed by atoms with Gasteiger partial charge in [-0.2, -0.15) is 0 Å². The summed E-state index contributed by atoms with van der Waals surface area (Å²) in [6.45, 7) is 9.65. The van der Waals surface area contributed by atoms with Crippen molar-refractivity contribution in [2.45, 2.75) is 46.6 Å². The first-order valence-electron chi connectivity index (χ1n) is 13.2. The Hall–Kier alpha value is -4.57. The maximum absolute atomic E-state index is 13.8. The highest BCUT2D eigenvalue weighted by atomic mass is 32.1. The molecule has 0 N–H and O–H groups in total. The van der Waals surface area contributed by atoms with Crippen molar-refractivity contribution in [3.8, 4) is 11.3 Å². The first-order chi connectivity index (χ1) is 19.6. The minimum Gasteiger partial charge on any atom is -0.463 e. The molecule has 4 aromatic rings. The monoisotopic (exact) mass is 571 g/mol. The number of thiazole rings is 1. The van der Waals surface area contributed by atoms with Crippen LogP contribution in [0.15, 0.2) is 80.1 Å². The van der Waals surface area contributed by atoms with Crippen molar-refractivity contribution in [2.24, 2.45) is 4.99 Å². The number of esters is 1. The number of nitro groups is 1. The summed E-state index contributed by atoms with van der Waals surface area (Å²) in [5, 5.41) is 11.6. The van der Waals surface area contributed by atoms with E-state index in [1.165, 1.54) is 22.0 Å². The zero-order valence-electron chi connectivity index (χ0n) is 23.3. The van der Waals surface area contributed by atoms with E-state index in [-0.39, 0.29) is 17.9 Å². The second-order valence-electron chi connectivity index (χ2n) is 10.1. The lowest BCUT2D eigenvalue weighted by atomic mass is 9.93. The SMILES string of the molecule is CCOC(=O)C1=C(C)N=c2sc(=Cc3ccc(-c4ccc(C)cc4[N+](=O)[O-])o3)c(=O)n2C1c1ccc(C(C)C)cc1. The van der Waals surface area contributed by atoms with Gasteiger partial charge in [-0.25, -0.2) is 9.79 Å². The number of carbonyl (C=O) groups excluding carboxylic acids is 1. The molecule has 2 aromatic heterocycles. The summed E-state index contributed by atoms with van der Waals surface area (Å²) < 4.78 is 13.2. The number of carbonyl (C=O) groups is 1. The Labute approximate surface area is 239 Å². The highest BCUT2D eigenvalue weighted by Gasteiger charge is 2.33. The molecule has 0 aliphatic carbocycles. The maximum Gasteiger partial charge on any atom is 0.338 e. The molecular formula is C31H29N3O6S. The summed E-state index contributed by atoms with van der Waals surface area (Å²) in [4.78, 5) is 43.2. The number of ether oxygens (including phenoxy) is 1. The molecule has 0 saturated carbocycles. The van der Waals surface area contributed by atoms with Gasteiger partial charge >= 0.3 is 5.97 Å². The number of nitrogens with zero attached hydrogens (tertiary/aromatic N) is 3. The maximum atomic E-state index is 13.8. The molecule has 1 aliphatic rings. The van der Waals surface area contributed by atoms with Crippen molar-refractivity contribution in [2.75, 3.05) is 6.61 Å². The lowest BCUT2D eigenvalue weighted by Gasteiger charge is -2.25. The number of fused-ring (bicyclic) bond motifs is 1. The van der Waals surface area contributed by atoms with Gasteiger partial charge in [-0.1, -0.05) is 55.5 Å². The fourth-order valence-corrected chi connectivity index (χ4v) is 5.90. The molecule has 3 heterocycles. The van der Waals surface area contributed by atoms with Crippen LogP contribution in [0.5, 0.6) is 0 Å². The summed E-state index contributed by atoms with van der Waals surface area (Å²) in [5.74, 6) is 0.488. The third kappa shape index (κ3) is 5.30. The number of aryl methyl sites for hydroxylation is 1. The summed E-state index contributed by atoms with van der Waals surface area (Å²) >= 11 is 1.18. The average molecular weight is 572 g/mol. The lowest BCUT2D eigenvalue weighted by molar-refractivity contribution is -0.384. The van der Waals surface area contributed by atoms with E-state index in [0.717, 1.165) is 16.7 Å². The molecule has 0 saturated heterocycles. The van der Waals surface area contributed by atoms with Crippen LogP contribution in [0.2, 0.25) is 0 Å². The molecule has 1 aliphatic heterocycles. The van der Waals surface area contributed by atoms with Gasteiger partial charge < -0.3 is 9.15 Å². The van der Waals surface area contributed by atoms with Crippen LogP contribution in [0.4, 0.5) is 5.69 Å². The molecule has 41 heavy (non-hydrogen) atoms. The summed E-state index contributed by atoms with van der Waals surface area (Å²) in [6, 6.07) is 15.4. The topological polar surface area (TPSA) is 117 Å². The molecule has 0 radical (unpaired) electrons. The Balaban J connectivity index is 1.63. The number of rotatable bonds is 7. The van der Waals surface area contributed by atoms with E-state index in [1.54, 1.807) is 51.1 Å². The van der Waals surface area contributed by atoms with Gasteiger partial charge in [-0.3, -0.25) is 19.5 Å². The molecule has 5 rings (SSSR count). The molecule has 2 aromatic carbocycles. The summed E-state index contributed by atoms with van der Waals surface area (Å²) in [7, 11) is 0. The van der Waals surface area contributed by atoms with E-state index < -0.39 is 16.9 Å². The minimum atomic E-state index is -0.712. The number of furan rings is 1. The average Bonchev–Trinajstić information content (AvgIpc) is 3.52. The molecule has 0 amide bonds. The largest absolute Gasteiger partial charge is 0.463 e. The smallest absolute Gasteiger partial charge is 0.338 e. The standard InChI is InChI=1S/C31H29N3O6S/c1-6-39-30(36)27-19(5)32-31-33(28(27)21-10-8-20(9-11-21)17(2)3)29(35)26(41-31)16-22-12-14-25(40-22)23-13-7-18(4)15-24(23)34(37)38/h7-17,28H,6H2,1-5H3. The van der Waals surface area contributed by atoms with Gasteiger partial charge in [0.25, 0.3) is 11.2 Å². The first kappa shape index (κ1) is 28.0. The molecular weight excluding hydrogens is 542 g/mol. The highest BCUT2D eigenvalue weighted by Crippen LogP contribution is 2.33. The number of allylic oxidation sites excluding steroid dienone is 1. The van der Waals surface area contributed by atoms with Crippen LogP contribution < -0.4 is 14.9 Å². The Kier molecular flexibility index (Phi) is 7.59. The van der Waals surface area contributed by atoms with Gasteiger partial charge in [-0.05, 0) is 61.6 Å². The van der Waals surface area contributed by atoms with E-state index in [2.05, 4.69) is 18.8 Å². The van der Waals surface area contributed by atoms with E-state index in [4.69, 9.17) is 9.15 Å². The normalized spacial score (nSPS) is 15.2. The second-order valence-corrected chi connectivity index (χ2v) is 11.1. The molecule has 0 spiro atoms. The first-order valence-corrected chi connectivity index (χ1v) is 14.1. The fourth-order valence-electron chi connectivity index (χ4n) is 4.88. The number of hydrogen-bond acceptors (Lipinski definition) is 8. The highest BCUT2D eigenvalue weighted by molar-refractivity contribution is 7.07. The summed E-state index contributed by atoms with van der Waals surface area (Å²) in [6.07, 6.45) is 1.59. The van der Waals surface area contributed by atoms with Gasteiger partial charge in [-0.15, -0.1) is 0 Å². The third-order valence-electron chi connectivity index (χ3n) is 6.95. The Morgan fingerprint density at radius 1 is 1.17 bits per heavy atom. The fraction of sp³-hybridized carbons (Fsp3) is 0.258. The van der Waals surface area contributed by atoms with E-state index in [1.807, 2.05) is 24.3 Å². The Morgan fingerprint density at radius 2 is 1.90 bits per heavy atom. The number of nitro benzene ring substituents is 1. The van der Waals surface area contributed by atoms with Crippen molar-refractivity contribution in [3.05, 3.63) is 118 Å². The number of aromatic nitrogens is 1. The predicted octanol–water partition coefficient (Wildman–Crippen LogP) is 5.40. The van der Waals surface area contributed by atoms with Crippen LogP contribution in [-0.2, 0) is 9.53 Å². The zero-order valence-corrected chi connectivity index (χ0v) is 24.2. The van der Waals surface area contributed by atoms with E-state index in [0.29, 0.717) is 43.6 Å². The summed E-state index contributed by atoms with van der Waals surface area (Å²) in [5.41, 5.74) is 3.43.